The van der Waals surface area contributed by atoms with Gasteiger partial charge in [-0.05, 0) is 24.1 Å². The molecule has 16 heavy (non-hydrogen) atoms. The van der Waals surface area contributed by atoms with E-state index >= 15 is 0 Å². The Balaban J connectivity index is 2.11. The number of amides is 1. The fraction of sp³-hybridized carbons (Fsp3) is 0.462. The molecule has 86 valence electrons. The first-order valence-corrected chi connectivity index (χ1v) is 5.91. The van der Waals surface area contributed by atoms with Crippen LogP contribution in [0.3, 0.4) is 0 Å². The molecule has 3 nitrogen and oxygen atoms in total. The number of anilines is 1. The highest BCUT2D eigenvalue weighted by Gasteiger charge is 2.18. The molecular weight excluding hydrogens is 200 g/mol. The van der Waals surface area contributed by atoms with Gasteiger partial charge in [-0.1, -0.05) is 25.5 Å². The lowest BCUT2D eigenvalue weighted by atomic mass is 10.1. The third kappa shape index (κ3) is 2.42. The molecule has 0 bridgehead atoms. The number of nitrogens with zero attached hydrogens (tertiary/aromatic N) is 1. The molecule has 0 saturated carbocycles. The average molecular weight is 218 g/mol. The largest absolute Gasteiger partial charge is 0.310 e. The van der Waals surface area contributed by atoms with E-state index in [-0.39, 0.29) is 5.91 Å². The zero-order valence-electron chi connectivity index (χ0n) is 9.70. The highest BCUT2D eigenvalue weighted by molar-refractivity contribution is 5.95. The van der Waals surface area contributed by atoms with Gasteiger partial charge in [0.2, 0.25) is 5.91 Å². The quantitative estimate of drug-likeness (QED) is 0.835. The molecule has 1 aromatic carbocycles. The van der Waals surface area contributed by atoms with E-state index in [9.17, 15) is 4.79 Å². The van der Waals surface area contributed by atoms with Crippen molar-refractivity contribution < 1.29 is 4.79 Å². The molecule has 3 heteroatoms. The van der Waals surface area contributed by atoms with Gasteiger partial charge in [-0.3, -0.25) is 4.79 Å². The minimum atomic E-state index is 0.162. The lowest BCUT2D eigenvalue weighted by Gasteiger charge is -2.27. The SMILES string of the molecule is CCCc1ccc(N2CCNCC2=O)cc1. The Morgan fingerprint density at radius 3 is 2.69 bits per heavy atom. The van der Waals surface area contributed by atoms with Crippen LogP contribution in [0.1, 0.15) is 18.9 Å². The first kappa shape index (κ1) is 11.1. The summed E-state index contributed by atoms with van der Waals surface area (Å²) >= 11 is 0. The van der Waals surface area contributed by atoms with Crippen molar-refractivity contribution in [2.45, 2.75) is 19.8 Å². The maximum absolute atomic E-state index is 11.7. The van der Waals surface area contributed by atoms with Crippen molar-refractivity contribution in [1.82, 2.24) is 5.32 Å². The standard InChI is InChI=1S/C13H18N2O/c1-2-3-11-4-6-12(7-5-11)15-9-8-14-10-13(15)16/h4-7,14H,2-3,8-10H2,1H3. The molecule has 1 aliphatic rings. The summed E-state index contributed by atoms with van der Waals surface area (Å²) in [6, 6.07) is 8.34. The Kier molecular flexibility index (Phi) is 3.57. The van der Waals surface area contributed by atoms with Crippen LogP contribution in [0.4, 0.5) is 5.69 Å². The third-order valence-electron chi connectivity index (χ3n) is 2.88. The second-order valence-electron chi connectivity index (χ2n) is 4.14. The second kappa shape index (κ2) is 5.12. The summed E-state index contributed by atoms with van der Waals surface area (Å²) in [5.41, 5.74) is 2.36. The van der Waals surface area contributed by atoms with Crippen LogP contribution in [0.15, 0.2) is 24.3 Å². The number of benzene rings is 1. The summed E-state index contributed by atoms with van der Waals surface area (Å²) in [5, 5.41) is 3.07. The molecule has 2 rings (SSSR count). The molecule has 1 aromatic rings. The number of nitrogens with one attached hydrogen (secondary N) is 1. The van der Waals surface area contributed by atoms with Crippen LogP contribution in [0.25, 0.3) is 0 Å². The van der Waals surface area contributed by atoms with Crippen molar-refractivity contribution in [1.29, 1.82) is 0 Å². The molecule has 1 heterocycles. The lowest BCUT2D eigenvalue weighted by molar-refractivity contribution is -0.118. The maximum atomic E-state index is 11.7. The van der Waals surface area contributed by atoms with Crippen molar-refractivity contribution in [2.24, 2.45) is 0 Å². The van der Waals surface area contributed by atoms with Crippen molar-refractivity contribution in [3.05, 3.63) is 29.8 Å². The zero-order chi connectivity index (χ0) is 11.4. The predicted molar refractivity (Wildman–Crippen MR) is 65.7 cm³/mol. The van der Waals surface area contributed by atoms with Crippen molar-refractivity contribution >= 4 is 11.6 Å². The molecule has 0 radical (unpaired) electrons. The Bertz CT molecular complexity index is 359. The number of aryl methyl sites for hydroxylation is 1. The van der Waals surface area contributed by atoms with Gasteiger partial charge < -0.3 is 10.2 Å². The Hall–Kier alpha value is -1.35. The van der Waals surface area contributed by atoms with Crippen molar-refractivity contribution in [3.63, 3.8) is 0 Å². The van der Waals surface area contributed by atoms with E-state index in [0.717, 1.165) is 31.6 Å². The molecule has 0 atom stereocenters. The number of hydrogen-bond acceptors (Lipinski definition) is 2. The van der Waals surface area contributed by atoms with E-state index in [4.69, 9.17) is 0 Å². The summed E-state index contributed by atoms with van der Waals surface area (Å²) in [7, 11) is 0. The molecule has 0 unspecified atom stereocenters. The molecule has 1 aliphatic heterocycles. The average Bonchev–Trinajstić information content (AvgIpc) is 2.31. The molecule has 0 spiro atoms. The fourth-order valence-corrected chi connectivity index (χ4v) is 2.01. The Morgan fingerprint density at radius 1 is 1.31 bits per heavy atom. The molecule has 0 aromatic heterocycles. The van der Waals surface area contributed by atoms with Crippen LogP contribution in [0.5, 0.6) is 0 Å². The topological polar surface area (TPSA) is 32.3 Å². The summed E-state index contributed by atoms with van der Waals surface area (Å²) < 4.78 is 0. The van der Waals surface area contributed by atoms with Crippen LogP contribution in [0.2, 0.25) is 0 Å². The Labute approximate surface area is 96.5 Å². The zero-order valence-corrected chi connectivity index (χ0v) is 9.70. The summed E-state index contributed by atoms with van der Waals surface area (Å²) in [6.45, 7) is 4.28. The van der Waals surface area contributed by atoms with Crippen LogP contribution in [-0.2, 0) is 11.2 Å². The van der Waals surface area contributed by atoms with Gasteiger partial charge in [-0.2, -0.15) is 0 Å². The summed E-state index contributed by atoms with van der Waals surface area (Å²) in [6.07, 6.45) is 2.27. The van der Waals surface area contributed by atoms with Crippen LogP contribution >= 0.6 is 0 Å². The smallest absolute Gasteiger partial charge is 0.240 e. The minimum absolute atomic E-state index is 0.162. The number of piperazine rings is 1. The van der Waals surface area contributed by atoms with Gasteiger partial charge >= 0.3 is 0 Å². The third-order valence-corrected chi connectivity index (χ3v) is 2.88. The number of carbonyl (C=O) groups is 1. The van der Waals surface area contributed by atoms with E-state index in [1.54, 1.807) is 0 Å². The van der Waals surface area contributed by atoms with E-state index < -0.39 is 0 Å². The maximum Gasteiger partial charge on any atom is 0.240 e. The van der Waals surface area contributed by atoms with Crippen LogP contribution in [0, 0.1) is 0 Å². The van der Waals surface area contributed by atoms with E-state index in [1.807, 2.05) is 17.0 Å². The van der Waals surface area contributed by atoms with Gasteiger partial charge in [0.15, 0.2) is 0 Å². The van der Waals surface area contributed by atoms with Gasteiger partial charge in [0.25, 0.3) is 0 Å². The fourth-order valence-electron chi connectivity index (χ4n) is 2.01. The normalized spacial score (nSPS) is 16.6. The van der Waals surface area contributed by atoms with E-state index in [0.29, 0.717) is 6.54 Å². The highest BCUT2D eigenvalue weighted by atomic mass is 16.2. The monoisotopic (exact) mass is 218 g/mol. The molecule has 1 N–H and O–H groups in total. The van der Waals surface area contributed by atoms with Gasteiger partial charge in [0.1, 0.15) is 0 Å². The predicted octanol–water partition coefficient (Wildman–Crippen LogP) is 1.58. The molecule has 0 aliphatic carbocycles. The van der Waals surface area contributed by atoms with Gasteiger partial charge in [0, 0.05) is 18.8 Å². The number of hydrogen-bond donors (Lipinski definition) is 1. The Morgan fingerprint density at radius 2 is 2.06 bits per heavy atom. The first-order chi connectivity index (χ1) is 7.81. The number of rotatable bonds is 3. The second-order valence-corrected chi connectivity index (χ2v) is 4.14. The van der Waals surface area contributed by atoms with Crippen molar-refractivity contribution in [3.8, 4) is 0 Å². The van der Waals surface area contributed by atoms with Crippen LogP contribution in [-0.4, -0.2) is 25.5 Å². The lowest BCUT2D eigenvalue weighted by Crippen LogP contribution is -2.48. The molecular formula is C13H18N2O. The van der Waals surface area contributed by atoms with E-state index in [1.165, 1.54) is 5.56 Å². The molecule has 1 fully saturated rings. The highest BCUT2D eigenvalue weighted by Crippen LogP contribution is 2.17. The summed E-state index contributed by atoms with van der Waals surface area (Å²) in [5.74, 6) is 0.162. The summed E-state index contributed by atoms with van der Waals surface area (Å²) in [4.78, 5) is 13.5. The first-order valence-electron chi connectivity index (χ1n) is 5.91. The minimum Gasteiger partial charge on any atom is -0.310 e. The van der Waals surface area contributed by atoms with Gasteiger partial charge in [0.05, 0.1) is 6.54 Å². The van der Waals surface area contributed by atoms with E-state index in [2.05, 4.69) is 24.4 Å². The van der Waals surface area contributed by atoms with Crippen molar-refractivity contribution in [2.75, 3.05) is 24.5 Å². The number of carbonyl (C=O) groups excluding carboxylic acids is 1. The molecule has 1 saturated heterocycles. The van der Waals surface area contributed by atoms with Crippen LogP contribution < -0.4 is 10.2 Å². The molecule has 1 amide bonds. The van der Waals surface area contributed by atoms with Gasteiger partial charge in [-0.15, -0.1) is 0 Å². The van der Waals surface area contributed by atoms with Gasteiger partial charge in [-0.25, -0.2) is 0 Å².